The summed E-state index contributed by atoms with van der Waals surface area (Å²) in [5, 5.41) is 32.4. The number of aromatic amines is 1. The normalized spacial score (nSPS) is 35.9. The van der Waals surface area contributed by atoms with Gasteiger partial charge in [0.2, 0.25) is 0 Å². The van der Waals surface area contributed by atoms with Crippen LogP contribution in [0.5, 0.6) is 0 Å². The van der Waals surface area contributed by atoms with E-state index in [0.717, 1.165) is 6.20 Å². The van der Waals surface area contributed by atoms with Gasteiger partial charge in [0.1, 0.15) is 24.0 Å². The maximum atomic E-state index is 11.5. The number of H-pyrrole nitrogens is 1. The predicted octanol–water partition coefficient (Wildman–Crippen LogP) is -3.07. The Hall–Kier alpha value is -1.55. The fourth-order valence-electron chi connectivity index (χ4n) is 1.88. The average Bonchev–Trinajstić information content (AvgIpc) is 2.52. The molecule has 100 valence electrons. The second-order valence-corrected chi connectivity index (χ2v) is 4.26. The molecule has 0 spiro atoms. The Bertz CT molecular complexity index is 550. The van der Waals surface area contributed by atoms with Gasteiger partial charge in [0, 0.05) is 0 Å². The number of aliphatic hydroxyl groups excluding tert-OH is 2. The third-order valence-electron chi connectivity index (χ3n) is 2.89. The molecule has 0 saturated carbocycles. The quantitative estimate of drug-likeness (QED) is 0.442. The van der Waals surface area contributed by atoms with E-state index < -0.39 is 41.9 Å². The first-order valence-corrected chi connectivity index (χ1v) is 5.23. The van der Waals surface area contributed by atoms with Gasteiger partial charge in [-0.1, -0.05) is 0 Å². The summed E-state index contributed by atoms with van der Waals surface area (Å²) >= 11 is 0. The zero-order valence-corrected chi connectivity index (χ0v) is 9.48. The van der Waals surface area contributed by atoms with Gasteiger partial charge in [-0.25, -0.2) is 4.79 Å². The van der Waals surface area contributed by atoms with E-state index in [9.17, 15) is 19.8 Å². The highest BCUT2D eigenvalue weighted by molar-refractivity contribution is 4.98. The van der Waals surface area contributed by atoms with Gasteiger partial charge in [-0.05, 0) is 6.92 Å². The van der Waals surface area contributed by atoms with Gasteiger partial charge in [-0.3, -0.25) is 9.78 Å². The van der Waals surface area contributed by atoms with Crippen molar-refractivity contribution in [3.63, 3.8) is 0 Å². The molecule has 0 aliphatic carbocycles. The molecule has 0 radical (unpaired) electrons. The van der Waals surface area contributed by atoms with Gasteiger partial charge in [-0.15, -0.1) is 0 Å². The van der Waals surface area contributed by atoms with Crippen molar-refractivity contribution in [3.8, 4) is 0 Å². The highest BCUT2D eigenvalue weighted by Gasteiger charge is 2.53. The summed E-state index contributed by atoms with van der Waals surface area (Å²) in [4.78, 5) is 24.4. The van der Waals surface area contributed by atoms with Crippen molar-refractivity contribution in [3.05, 3.63) is 27.0 Å². The molecular weight excluding hydrogens is 246 g/mol. The molecule has 2 heterocycles. The zero-order chi connectivity index (χ0) is 13.5. The smallest absolute Gasteiger partial charge is 0.347 e. The minimum absolute atomic E-state index is 0.522. The van der Waals surface area contributed by atoms with E-state index in [1.807, 2.05) is 4.98 Å². The minimum Gasteiger partial charge on any atom is -0.394 e. The van der Waals surface area contributed by atoms with Crippen molar-refractivity contribution < 1.29 is 20.1 Å². The van der Waals surface area contributed by atoms with Gasteiger partial charge >= 0.3 is 5.69 Å². The van der Waals surface area contributed by atoms with Gasteiger partial charge in [0.05, 0.1) is 6.61 Å². The van der Waals surface area contributed by atoms with Crippen molar-refractivity contribution in [2.75, 3.05) is 6.61 Å². The number of aliphatic hydroxyl groups is 3. The predicted molar refractivity (Wildman–Crippen MR) is 56.7 cm³/mol. The average molecular weight is 259 g/mol. The summed E-state index contributed by atoms with van der Waals surface area (Å²) in [5.41, 5.74) is -3.38. The molecule has 0 bridgehead atoms. The maximum Gasteiger partial charge on any atom is 0.347 e. The van der Waals surface area contributed by atoms with Crippen LogP contribution in [0.1, 0.15) is 13.2 Å². The SMILES string of the molecule is C[C@@]1(O)C(n2ncc(=O)[nH]c2=O)OC(CO)[C@H]1O. The summed E-state index contributed by atoms with van der Waals surface area (Å²) in [5.74, 6) is 0. The van der Waals surface area contributed by atoms with Crippen LogP contribution in [-0.4, -0.2) is 54.5 Å². The molecule has 1 fully saturated rings. The Morgan fingerprint density at radius 2 is 2.28 bits per heavy atom. The highest BCUT2D eigenvalue weighted by atomic mass is 16.6. The van der Waals surface area contributed by atoms with E-state index in [4.69, 9.17) is 9.84 Å². The molecule has 2 rings (SSSR count). The second kappa shape index (κ2) is 4.28. The Morgan fingerprint density at radius 1 is 1.61 bits per heavy atom. The zero-order valence-electron chi connectivity index (χ0n) is 9.48. The Labute approximate surface area is 100 Å². The highest BCUT2D eigenvalue weighted by Crippen LogP contribution is 2.36. The molecule has 9 nitrogen and oxygen atoms in total. The van der Waals surface area contributed by atoms with E-state index in [0.29, 0.717) is 4.68 Å². The first-order valence-electron chi connectivity index (χ1n) is 5.23. The second-order valence-electron chi connectivity index (χ2n) is 4.26. The lowest BCUT2D eigenvalue weighted by Gasteiger charge is -2.26. The van der Waals surface area contributed by atoms with E-state index in [1.54, 1.807) is 0 Å². The number of rotatable bonds is 2. The number of hydrogen-bond acceptors (Lipinski definition) is 7. The third kappa shape index (κ3) is 1.86. The van der Waals surface area contributed by atoms with E-state index >= 15 is 0 Å². The molecule has 4 atom stereocenters. The molecule has 1 aliphatic heterocycles. The maximum absolute atomic E-state index is 11.5. The standard InChI is InChI=1S/C9H13N3O6/c1-9(17)6(15)4(3-13)18-7(9)12-8(16)11-5(14)2-10-12/h2,4,6-7,13,15,17H,3H2,1H3,(H,11,14,16)/t4?,6-,7?,9+/m1/s1. The number of ether oxygens (including phenoxy) is 1. The molecule has 0 amide bonds. The number of hydrogen-bond donors (Lipinski definition) is 4. The number of aromatic nitrogens is 3. The van der Waals surface area contributed by atoms with E-state index in [1.165, 1.54) is 6.92 Å². The summed E-state index contributed by atoms with van der Waals surface area (Å²) in [7, 11) is 0. The lowest BCUT2D eigenvalue weighted by atomic mass is 9.97. The van der Waals surface area contributed by atoms with Crippen molar-refractivity contribution in [2.24, 2.45) is 0 Å². The summed E-state index contributed by atoms with van der Waals surface area (Å²) in [6.45, 7) is 0.725. The molecule has 1 aromatic heterocycles. The molecule has 1 aromatic rings. The molecule has 4 N–H and O–H groups in total. The molecule has 9 heteroatoms. The molecule has 0 aromatic carbocycles. The van der Waals surface area contributed by atoms with E-state index in [-0.39, 0.29) is 0 Å². The summed E-state index contributed by atoms with van der Waals surface area (Å²) in [6, 6.07) is 0. The first-order chi connectivity index (χ1) is 8.37. The van der Waals surface area contributed by atoms with Crippen LogP contribution in [0.15, 0.2) is 15.8 Å². The fourth-order valence-corrected chi connectivity index (χ4v) is 1.88. The lowest BCUT2D eigenvalue weighted by Crippen LogP contribution is -2.47. The summed E-state index contributed by atoms with van der Waals surface area (Å²) in [6.07, 6.45) is -2.87. The number of nitrogens with one attached hydrogen (secondary N) is 1. The van der Waals surface area contributed by atoms with Crippen molar-refractivity contribution in [1.82, 2.24) is 14.8 Å². The lowest BCUT2D eigenvalue weighted by molar-refractivity contribution is -0.105. The van der Waals surface area contributed by atoms with Crippen LogP contribution < -0.4 is 11.2 Å². The fraction of sp³-hybridized carbons (Fsp3) is 0.667. The summed E-state index contributed by atoms with van der Waals surface area (Å²) < 4.78 is 5.88. The first kappa shape index (κ1) is 12.9. The van der Waals surface area contributed by atoms with Crippen LogP contribution in [0.4, 0.5) is 0 Å². The molecular formula is C9H13N3O6. The Morgan fingerprint density at radius 3 is 2.78 bits per heavy atom. The van der Waals surface area contributed by atoms with Crippen LogP contribution in [0.25, 0.3) is 0 Å². The van der Waals surface area contributed by atoms with Gasteiger partial charge in [0.15, 0.2) is 6.23 Å². The number of nitrogens with zero attached hydrogens (tertiary/aromatic N) is 2. The van der Waals surface area contributed by atoms with Crippen LogP contribution in [0, 0.1) is 0 Å². The van der Waals surface area contributed by atoms with Crippen LogP contribution in [0.2, 0.25) is 0 Å². The van der Waals surface area contributed by atoms with Crippen molar-refractivity contribution in [1.29, 1.82) is 0 Å². The van der Waals surface area contributed by atoms with Gasteiger partial charge in [-0.2, -0.15) is 9.78 Å². The molecule has 18 heavy (non-hydrogen) atoms. The Balaban J connectivity index is 2.45. The monoisotopic (exact) mass is 259 g/mol. The molecule has 1 aliphatic rings. The molecule has 1 saturated heterocycles. The minimum atomic E-state index is -1.82. The topological polar surface area (TPSA) is 138 Å². The van der Waals surface area contributed by atoms with Crippen LogP contribution >= 0.6 is 0 Å². The van der Waals surface area contributed by atoms with Gasteiger partial charge in [0.25, 0.3) is 5.56 Å². The van der Waals surface area contributed by atoms with Crippen LogP contribution in [-0.2, 0) is 4.74 Å². The van der Waals surface area contributed by atoms with Crippen LogP contribution in [0.3, 0.4) is 0 Å². The van der Waals surface area contributed by atoms with Crippen molar-refractivity contribution in [2.45, 2.75) is 31.0 Å². The van der Waals surface area contributed by atoms with E-state index in [2.05, 4.69) is 5.10 Å². The largest absolute Gasteiger partial charge is 0.394 e. The molecule has 2 unspecified atom stereocenters. The third-order valence-corrected chi connectivity index (χ3v) is 2.89. The Kier molecular flexibility index (Phi) is 3.07. The van der Waals surface area contributed by atoms with Gasteiger partial charge < -0.3 is 20.1 Å². The van der Waals surface area contributed by atoms with Crippen molar-refractivity contribution >= 4 is 0 Å².